The minimum absolute atomic E-state index is 1.01. The van der Waals surface area contributed by atoms with Crippen molar-refractivity contribution in [2.24, 2.45) is 0 Å². The topological polar surface area (TPSA) is 298 Å². The molecular weight excluding hydrogens is 760 g/mol. The van der Waals surface area contributed by atoms with Crippen LogP contribution in [0.1, 0.15) is 22.8 Å². The van der Waals surface area contributed by atoms with E-state index in [-0.39, 0.29) is 0 Å². The highest BCUT2D eigenvalue weighted by atomic mass is 16.5. The Hall–Kier alpha value is -7.32. The fourth-order valence-electron chi connectivity index (χ4n) is 5.04. The molecule has 0 fully saturated rings. The van der Waals surface area contributed by atoms with Gasteiger partial charge in [0.15, 0.2) is 0 Å². The lowest BCUT2D eigenvalue weighted by atomic mass is 10.1. The van der Waals surface area contributed by atoms with Crippen LogP contribution in [0.5, 0.6) is 0 Å². The Balaban J connectivity index is 0.000000284. The van der Waals surface area contributed by atoms with Crippen LogP contribution < -0.4 is 0 Å². The predicted octanol–water partition coefficient (Wildman–Crippen LogP) is 3.00. The third-order valence-corrected chi connectivity index (χ3v) is 7.92. The van der Waals surface area contributed by atoms with Gasteiger partial charge in [0.1, 0.15) is 11.6 Å². The van der Waals surface area contributed by atoms with Gasteiger partial charge in [0.2, 0.25) is 0 Å². The lowest BCUT2D eigenvalue weighted by molar-refractivity contribution is -0.159. The molecule has 20 heteroatoms. The lowest BCUT2D eigenvalue weighted by Gasteiger charge is -2.09. The Morgan fingerprint density at radius 3 is 1.10 bits per heavy atom. The first kappa shape index (κ1) is 46.8. The number of carboxylic acid groups (broad SMARTS) is 6. The fourth-order valence-corrected chi connectivity index (χ4v) is 5.04. The van der Waals surface area contributed by atoms with Crippen molar-refractivity contribution in [1.82, 2.24) is 38.9 Å². The van der Waals surface area contributed by atoms with E-state index in [9.17, 15) is 0 Å². The number of imidazole rings is 2. The number of carboxylic acids is 6. The first-order valence-corrected chi connectivity index (χ1v) is 17.1. The normalized spacial score (nSPS) is 10.3. The van der Waals surface area contributed by atoms with Crippen molar-refractivity contribution in [3.05, 3.63) is 96.4 Å². The summed E-state index contributed by atoms with van der Waals surface area (Å²) < 4.78 is 4.23. The van der Waals surface area contributed by atoms with Crippen LogP contribution in [0.4, 0.5) is 0 Å². The number of aryl methyl sites for hydroxylation is 2. The molecule has 0 unspecified atom stereocenters. The summed E-state index contributed by atoms with van der Waals surface area (Å²) in [5.74, 6) is -8.93. The number of carbonyl (C=O) groups is 6. The number of aromatic nitrogens is 6. The molecule has 2 aromatic carbocycles. The molecule has 20 nitrogen and oxygen atoms in total. The highest BCUT2D eigenvalue weighted by molar-refractivity contribution is 6.28. The Morgan fingerprint density at radius 1 is 0.552 bits per heavy atom. The molecule has 6 rings (SSSR count). The maximum absolute atomic E-state index is 9.10. The summed E-state index contributed by atoms with van der Waals surface area (Å²) in [6, 6.07) is 13.0. The van der Waals surface area contributed by atoms with Crippen molar-refractivity contribution in [2.75, 3.05) is 41.3 Å². The van der Waals surface area contributed by atoms with E-state index in [2.05, 4.69) is 116 Å². The largest absolute Gasteiger partial charge is 0.473 e. The molecule has 58 heavy (non-hydrogen) atoms. The summed E-state index contributed by atoms with van der Waals surface area (Å²) in [5.41, 5.74) is 7.46. The Morgan fingerprint density at radius 2 is 0.862 bits per heavy atom. The standard InChI is InChI=1S/2C16H20N4.3C2H2O4/c2*1-12-17-7-9-20(12)14-4-5-16-15(10-14)13(11-18-16)6-8-19(2)3;3*3-1(4)2(5)6/h2*4-5,7,9-11,18H,6,8H2,1-3H3;3*(H,3,4)(H,5,6). The summed E-state index contributed by atoms with van der Waals surface area (Å²) in [7, 11) is 8.43. The zero-order valence-corrected chi connectivity index (χ0v) is 32.6. The third-order valence-electron chi connectivity index (χ3n) is 7.92. The van der Waals surface area contributed by atoms with Crippen LogP contribution in [0, 0.1) is 13.8 Å². The van der Waals surface area contributed by atoms with E-state index in [4.69, 9.17) is 59.4 Å². The molecule has 0 aliphatic carbocycles. The second-order valence-corrected chi connectivity index (χ2v) is 12.7. The molecule has 0 radical (unpaired) electrons. The fraction of sp³-hybridized carbons (Fsp3) is 0.263. The number of nitrogens with one attached hydrogen (secondary N) is 2. The Bertz CT molecular complexity index is 2120. The summed E-state index contributed by atoms with van der Waals surface area (Å²) >= 11 is 0. The average molecular weight is 807 g/mol. The van der Waals surface area contributed by atoms with Crippen molar-refractivity contribution in [3.63, 3.8) is 0 Å². The number of H-pyrrole nitrogens is 2. The Kier molecular flexibility index (Phi) is 18.0. The maximum Gasteiger partial charge on any atom is 0.414 e. The van der Waals surface area contributed by atoms with Crippen LogP contribution in [0.15, 0.2) is 73.6 Å². The monoisotopic (exact) mass is 806 g/mol. The molecule has 0 bridgehead atoms. The van der Waals surface area contributed by atoms with Gasteiger partial charge in [-0.25, -0.2) is 38.7 Å². The molecule has 8 N–H and O–H groups in total. The molecule has 0 aliphatic heterocycles. The number of hydrogen-bond donors (Lipinski definition) is 8. The number of likely N-dealkylation sites (N-methyl/N-ethyl adjacent to an activating group) is 2. The van der Waals surface area contributed by atoms with E-state index in [0.29, 0.717) is 0 Å². The quantitative estimate of drug-likeness (QED) is 0.103. The zero-order valence-electron chi connectivity index (χ0n) is 32.6. The highest BCUT2D eigenvalue weighted by Gasteiger charge is 2.10. The van der Waals surface area contributed by atoms with Crippen LogP contribution in [-0.4, -0.2) is 147 Å². The van der Waals surface area contributed by atoms with Gasteiger partial charge in [-0.05, 0) is 102 Å². The molecular formula is C38H46N8O12. The number of aromatic amines is 2. The lowest BCUT2D eigenvalue weighted by Crippen LogP contribution is -2.14. The molecule has 0 atom stereocenters. The number of fused-ring (bicyclic) bond motifs is 2. The van der Waals surface area contributed by atoms with Crippen molar-refractivity contribution in [2.45, 2.75) is 26.7 Å². The second-order valence-electron chi connectivity index (χ2n) is 12.7. The SMILES string of the molecule is Cc1nccn1-c1ccc2[nH]cc(CCN(C)C)c2c1.Cc1nccn1-c1ccc2[nH]cc(CCN(C)C)c2c1.O=C(O)C(=O)O.O=C(O)C(=O)O.O=C(O)C(=O)O. The van der Waals surface area contributed by atoms with E-state index in [1.165, 1.54) is 44.3 Å². The first-order valence-electron chi connectivity index (χ1n) is 17.1. The first-order chi connectivity index (χ1) is 27.2. The van der Waals surface area contributed by atoms with E-state index in [1.54, 1.807) is 0 Å². The van der Waals surface area contributed by atoms with Crippen molar-refractivity contribution in [3.8, 4) is 11.4 Å². The summed E-state index contributed by atoms with van der Waals surface area (Å²) in [4.78, 5) is 74.3. The summed E-state index contributed by atoms with van der Waals surface area (Å²) in [6.07, 6.45) is 14.0. The molecule has 0 spiro atoms. The number of rotatable bonds is 8. The van der Waals surface area contributed by atoms with Crippen LogP contribution in [0.25, 0.3) is 33.2 Å². The summed E-state index contributed by atoms with van der Waals surface area (Å²) in [6.45, 7) is 6.16. The smallest absolute Gasteiger partial charge is 0.414 e. The van der Waals surface area contributed by atoms with Gasteiger partial charge < -0.3 is 59.5 Å². The predicted molar refractivity (Wildman–Crippen MR) is 211 cm³/mol. The molecule has 4 heterocycles. The van der Waals surface area contributed by atoms with Gasteiger partial charge in [0.05, 0.1) is 0 Å². The molecule has 0 aliphatic rings. The van der Waals surface area contributed by atoms with Gasteiger partial charge in [0, 0.05) is 83.5 Å². The molecule has 310 valence electrons. The minimum Gasteiger partial charge on any atom is -0.473 e. The van der Waals surface area contributed by atoms with E-state index >= 15 is 0 Å². The zero-order chi connectivity index (χ0) is 43.7. The van der Waals surface area contributed by atoms with Gasteiger partial charge in [-0.2, -0.15) is 0 Å². The molecule has 4 aromatic heterocycles. The molecule has 0 amide bonds. The maximum atomic E-state index is 9.10. The van der Waals surface area contributed by atoms with Gasteiger partial charge in [-0.15, -0.1) is 0 Å². The number of aliphatic carboxylic acids is 6. The van der Waals surface area contributed by atoms with Gasteiger partial charge in [-0.1, -0.05) is 0 Å². The van der Waals surface area contributed by atoms with Crippen LogP contribution >= 0.6 is 0 Å². The molecule has 6 aromatic rings. The average Bonchev–Trinajstić information content (AvgIpc) is 3.97. The number of nitrogens with zero attached hydrogens (tertiary/aromatic N) is 6. The number of benzene rings is 2. The third kappa shape index (κ3) is 14.7. The van der Waals surface area contributed by atoms with Crippen LogP contribution in [0.2, 0.25) is 0 Å². The molecule has 0 saturated carbocycles. The van der Waals surface area contributed by atoms with Gasteiger partial charge >= 0.3 is 35.8 Å². The highest BCUT2D eigenvalue weighted by Crippen LogP contribution is 2.24. The number of hydrogen-bond acceptors (Lipinski definition) is 10. The van der Waals surface area contributed by atoms with E-state index in [1.807, 2.05) is 38.6 Å². The van der Waals surface area contributed by atoms with Crippen LogP contribution in [0.3, 0.4) is 0 Å². The van der Waals surface area contributed by atoms with Crippen molar-refractivity contribution >= 4 is 57.6 Å². The minimum atomic E-state index is -1.82. The van der Waals surface area contributed by atoms with Crippen molar-refractivity contribution in [1.29, 1.82) is 0 Å². The van der Waals surface area contributed by atoms with Gasteiger partial charge in [0.25, 0.3) is 0 Å². The van der Waals surface area contributed by atoms with E-state index < -0.39 is 35.8 Å². The van der Waals surface area contributed by atoms with Crippen molar-refractivity contribution < 1.29 is 59.4 Å². The second kappa shape index (κ2) is 22.3. The molecule has 0 saturated heterocycles. The summed E-state index contributed by atoms with van der Waals surface area (Å²) in [5, 5.41) is 47.0. The van der Waals surface area contributed by atoms with E-state index in [0.717, 1.165) is 37.6 Å². The Labute approximate surface area is 331 Å². The van der Waals surface area contributed by atoms with Gasteiger partial charge in [-0.3, -0.25) is 0 Å². The van der Waals surface area contributed by atoms with Crippen LogP contribution in [-0.2, 0) is 41.6 Å².